The highest BCUT2D eigenvalue weighted by Crippen LogP contribution is 2.18. The first kappa shape index (κ1) is 14.9. The number of piperidine rings is 1. The van der Waals surface area contributed by atoms with E-state index in [1.54, 1.807) is 0 Å². The van der Waals surface area contributed by atoms with Crippen molar-refractivity contribution in [3.05, 3.63) is 29.8 Å². The molecule has 1 aromatic carbocycles. The largest absolute Gasteiger partial charge is 0.393 e. The number of aliphatic hydroxyl groups excluding tert-OH is 1. The maximum Gasteiger partial charge on any atom is 0.253 e. The summed E-state index contributed by atoms with van der Waals surface area (Å²) in [5.41, 5.74) is 1.89. The molecule has 0 spiro atoms. The van der Waals surface area contributed by atoms with Crippen molar-refractivity contribution in [3.63, 3.8) is 0 Å². The number of carbonyl (C=O) groups excluding carboxylic acids is 1. The number of nitrogens with zero attached hydrogens (tertiary/aromatic N) is 2. The van der Waals surface area contributed by atoms with Crippen LogP contribution in [0.3, 0.4) is 0 Å². The highest BCUT2D eigenvalue weighted by Gasteiger charge is 2.22. The summed E-state index contributed by atoms with van der Waals surface area (Å²) in [5, 5.41) is 9.49. The second kappa shape index (κ2) is 6.75. The standard InChI is InChI=1S/C16H24N2O2/c1-3-17(4-2)14-7-5-13(6-8-14)16(20)18-11-9-15(19)10-12-18/h5-8,15,19H,3-4,9-12H2,1-2H3. The molecular weight excluding hydrogens is 252 g/mol. The Balaban J connectivity index is 2.04. The minimum absolute atomic E-state index is 0.0722. The van der Waals surface area contributed by atoms with Gasteiger partial charge < -0.3 is 14.9 Å². The highest BCUT2D eigenvalue weighted by molar-refractivity contribution is 5.94. The number of anilines is 1. The summed E-state index contributed by atoms with van der Waals surface area (Å²) in [5.74, 6) is 0.0722. The van der Waals surface area contributed by atoms with E-state index in [1.807, 2.05) is 29.2 Å². The Hall–Kier alpha value is -1.55. The molecule has 1 N–H and O–H groups in total. The Morgan fingerprint density at radius 2 is 1.75 bits per heavy atom. The van der Waals surface area contributed by atoms with Gasteiger partial charge in [0.1, 0.15) is 0 Å². The average molecular weight is 276 g/mol. The number of amides is 1. The number of benzene rings is 1. The molecule has 1 heterocycles. The molecule has 0 atom stereocenters. The van der Waals surface area contributed by atoms with Crippen molar-refractivity contribution in [2.75, 3.05) is 31.1 Å². The lowest BCUT2D eigenvalue weighted by Gasteiger charge is -2.29. The van der Waals surface area contributed by atoms with Crippen LogP contribution in [-0.2, 0) is 0 Å². The number of carbonyl (C=O) groups is 1. The minimum atomic E-state index is -0.246. The quantitative estimate of drug-likeness (QED) is 0.916. The Labute approximate surface area is 121 Å². The van der Waals surface area contributed by atoms with E-state index >= 15 is 0 Å². The van der Waals surface area contributed by atoms with Crippen LogP contribution in [0.4, 0.5) is 5.69 Å². The van der Waals surface area contributed by atoms with Crippen LogP contribution in [0, 0.1) is 0 Å². The Bertz CT molecular complexity index is 432. The highest BCUT2D eigenvalue weighted by atomic mass is 16.3. The van der Waals surface area contributed by atoms with E-state index in [0.717, 1.165) is 24.3 Å². The molecule has 1 fully saturated rings. The van der Waals surface area contributed by atoms with Crippen molar-refractivity contribution >= 4 is 11.6 Å². The number of hydrogen-bond donors (Lipinski definition) is 1. The lowest BCUT2D eigenvalue weighted by Crippen LogP contribution is -2.40. The zero-order valence-electron chi connectivity index (χ0n) is 12.4. The van der Waals surface area contributed by atoms with Crippen LogP contribution in [-0.4, -0.2) is 48.2 Å². The van der Waals surface area contributed by atoms with Gasteiger partial charge in [-0.25, -0.2) is 0 Å². The van der Waals surface area contributed by atoms with Gasteiger partial charge in [0.15, 0.2) is 0 Å². The normalized spacial score (nSPS) is 16.2. The number of hydrogen-bond acceptors (Lipinski definition) is 3. The molecule has 1 aliphatic heterocycles. The molecule has 4 nitrogen and oxygen atoms in total. The molecule has 110 valence electrons. The van der Waals surface area contributed by atoms with Gasteiger partial charge in [0.05, 0.1) is 6.10 Å². The number of aliphatic hydroxyl groups is 1. The summed E-state index contributed by atoms with van der Waals surface area (Å²) in [4.78, 5) is 16.4. The Kier molecular flexibility index (Phi) is 5.01. The van der Waals surface area contributed by atoms with Crippen molar-refractivity contribution in [2.24, 2.45) is 0 Å². The molecule has 4 heteroatoms. The lowest BCUT2D eigenvalue weighted by atomic mass is 10.1. The summed E-state index contributed by atoms with van der Waals surface area (Å²) in [6, 6.07) is 7.83. The molecule has 20 heavy (non-hydrogen) atoms. The minimum Gasteiger partial charge on any atom is -0.393 e. The molecule has 0 aliphatic carbocycles. The monoisotopic (exact) mass is 276 g/mol. The van der Waals surface area contributed by atoms with Crippen LogP contribution in [0.15, 0.2) is 24.3 Å². The first-order chi connectivity index (χ1) is 9.65. The van der Waals surface area contributed by atoms with Gasteiger partial charge in [0.25, 0.3) is 5.91 Å². The predicted octanol–water partition coefficient (Wildman–Crippen LogP) is 2.13. The number of likely N-dealkylation sites (tertiary alicyclic amines) is 1. The summed E-state index contributed by atoms with van der Waals surface area (Å²) >= 11 is 0. The summed E-state index contributed by atoms with van der Waals surface area (Å²) in [7, 11) is 0. The van der Waals surface area contributed by atoms with Gasteiger partial charge in [-0.15, -0.1) is 0 Å². The summed E-state index contributed by atoms with van der Waals surface area (Å²) in [6.07, 6.45) is 1.12. The molecular formula is C16H24N2O2. The van der Waals surface area contributed by atoms with Crippen LogP contribution < -0.4 is 4.90 Å². The fourth-order valence-corrected chi connectivity index (χ4v) is 2.66. The van der Waals surface area contributed by atoms with E-state index in [1.165, 1.54) is 0 Å². The molecule has 2 rings (SSSR count). The van der Waals surface area contributed by atoms with Gasteiger partial charge in [-0.3, -0.25) is 4.79 Å². The van der Waals surface area contributed by atoms with E-state index in [2.05, 4.69) is 18.7 Å². The van der Waals surface area contributed by atoms with E-state index in [0.29, 0.717) is 25.9 Å². The van der Waals surface area contributed by atoms with Gasteiger partial charge >= 0.3 is 0 Å². The molecule has 0 bridgehead atoms. The molecule has 0 unspecified atom stereocenters. The van der Waals surface area contributed by atoms with Gasteiger partial charge in [0, 0.05) is 37.4 Å². The van der Waals surface area contributed by atoms with Crippen molar-refractivity contribution in [3.8, 4) is 0 Å². The topological polar surface area (TPSA) is 43.8 Å². The maximum absolute atomic E-state index is 12.4. The summed E-state index contributed by atoms with van der Waals surface area (Å²) in [6.45, 7) is 7.49. The third-order valence-corrected chi connectivity index (χ3v) is 3.99. The Morgan fingerprint density at radius 3 is 2.25 bits per heavy atom. The van der Waals surface area contributed by atoms with Gasteiger partial charge in [0.2, 0.25) is 0 Å². The Morgan fingerprint density at radius 1 is 1.20 bits per heavy atom. The third-order valence-electron chi connectivity index (χ3n) is 3.99. The molecule has 1 aromatic rings. The van der Waals surface area contributed by atoms with Crippen LogP contribution in [0.1, 0.15) is 37.0 Å². The first-order valence-corrected chi connectivity index (χ1v) is 7.48. The lowest BCUT2D eigenvalue weighted by molar-refractivity contribution is 0.0546. The van der Waals surface area contributed by atoms with E-state index in [9.17, 15) is 9.90 Å². The van der Waals surface area contributed by atoms with Crippen LogP contribution in [0.5, 0.6) is 0 Å². The molecule has 0 aromatic heterocycles. The van der Waals surface area contributed by atoms with E-state index < -0.39 is 0 Å². The molecule has 0 radical (unpaired) electrons. The fourth-order valence-electron chi connectivity index (χ4n) is 2.66. The summed E-state index contributed by atoms with van der Waals surface area (Å²) < 4.78 is 0. The second-order valence-electron chi connectivity index (χ2n) is 5.24. The predicted molar refractivity (Wildman–Crippen MR) is 81.1 cm³/mol. The van der Waals surface area contributed by atoms with Crippen molar-refractivity contribution in [1.82, 2.24) is 4.90 Å². The fraction of sp³-hybridized carbons (Fsp3) is 0.562. The first-order valence-electron chi connectivity index (χ1n) is 7.48. The second-order valence-corrected chi connectivity index (χ2v) is 5.24. The number of rotatable bonds is 4. The van der Waals surface area contributed by atoms with Crippen molar-refractivity contribution in [2.45, 2.75) is 32.8 Å². The molecule has 0 saturated carbocycles. The molecule has 1 aliphatic rings. The van der Waals surface area contributed by atoms with Gasteiger partial charge in [-0.05, 0) is 51.0 Å². The van der Waals surface area contributed by atoms with Crippen molar-refractivity contribution in [1.29, 1.82) is 0 Å². The van der Waals surface area contributed by atoms with Crippen LogP contribution in [0.25, 0.3) is 0 Å². The molecule has 1 saturated heterocycles. The van der Waals surface area contributed by atoms with Crippen molar-refractivity contribution < 1.29 is 9.90 Å². The van der Waals surface area contributed by atoms with Crippen LogP contribution in [0.2, 0.25) is 0 Å². The van der Waals surface area contributed by atoms with E-state index in [4.69, 9.17) is 0 Å². The smallest absolute Gasteiger partial charge is 0.253 e. The van der Waals surface area contributed by atoms with E-state index in [-0.39, 0.29) is 12.0 Å². The van der Waals surface area contributed by atoms with Crippen LogP contribution >= 0.6 is 0 Å². The molecule has 1 amide bonds. The maximum atomic E-state index is 12.4. The van der Waals surface area contributed by atoms with Gasteiger partial charge in [-0.2, -0.15) is 0 Å². The van der Waals surface area contributed by atoms with Gasteiger partial charge in [-0.1, -0.05) is 0 Å². The zero-order valence-corrected chi connectivity index (χ0v) is 12.4. The zero-order chi connectivity index (χ0) is 14.5. The third kappa shape index (κ3) is 3.31. The SMILES string of the molecule is CCN(CC)c1ccc(C(=O)N2CCC(O)CC2)cc1. The average Bonchev–Trinajstić information content (AvgIpc) is 2.49.